The summed E-state index contributed by atoms with van der Waals surface area (Å²) in [4.78, 5) is 0. The Hall–Kier alpha value is -0.890. The van der Waals surface area contributed by atoms with Gasteiger partial charge in [-0.3, -0.25) is 0 Å². The normalized spacial score (nSPS) is 15.6. The van der Waals surface area contributed by atoms with Crippen molar-refractivity contribution in [1.29, 1.82) is 0 Å². The first-order valence-corrected chi connectivity index (χ1v) is 4.07. The van der Waals surface area contributed by atoms with Crippen molar-refractivity contribution >= 4 is 0 Å². The summed E-state index contributed by atoms with van der Waals surface area (Å²) >= 11 is 0. The predicted molar refractivity (Wildman–Crippen MR) is 35.1 cm³/mol. The molecule has 0 saturated carbocycles. The van der Waals surface area contributed by atoms with Crippen molar-refractivity contribution in [2.24, 2.45) is 0 Å². The predicted octanol–water partition coefficient (Wildman–Crippen LogP) is 2.95. The molecule has 0 rings (SSSR count). The molecule has 0 unspecified atom stereocenters. The molecule has 14 heteroatoms. The number of alkyl halides is 11. The van der Waals surface area contributed by atoms with Gasteiger partial charge in [0, 0.05) is 0 Å². The lowest BCUT2D eigenvalue weighted by Gasteiger charge is -2.33. The van der Waals surface area contributed by atoms with Gasteiger partial charge in [0.15, 0.2) is 0 Å². The zero-order chi connectivity index (χ0) is 16.6. The summed E-state index contributed by atoms with van der Waals surface area (Å²) in [6, 6.07) is 0. The number of ether oxygens (including phenoxy) is 2. The fourth-order valence-electron chi connectivity index (χ4n) is 0.663. The molecule has 0 bridgehead atoms. The van der Waals surface area contributed by atoms with Crippen molar-refractivity contribution in [1.82, 2.24) is 0 Å². The van der Waals surface area contributed by atoms with Gasteiger partial charge in [0.1, 0.15) is 6.61 Å². The molecule has 0 aromatic carbocycles. The third-order valence-electron chi connectivity index (χ3n) is 1.44. The molecule has 0 amide bonds. The molecule has 3 nitrogen and oxygen atoms in total. The highest BCUT2D eigenvalue weighted by molar-refractivity contribution is 4.87. The molecule has 0 spiro atoms. The first kappa shape index (κ1) is 19.1. The third kappa shape index (κ3) is 4.31. The van der Waals surface area contributed by atoms with Crippen molar-refractivity contribution < 1.29 is 62.9 Å². The van der Waals surface area contributed by atoms with Crippen molar-refractivity contribution in [3.8, 4) is 0 Å². The Morgan fingerprint density at radius 2 is 1.00 bits per heavy atom. The summed E-state index contributed by atoms with van der Waals surface area (Å²) in [5.74, 6) is -7.12. The number of hydrogen-bond donors (Lipinski definition) is 1. The van der Waals surface area contributed by atoms with Gasteiger partial charge in [0.2, 0.25) is 0 Å². The maximum absolute atomic E-state index is 12.5. The molecule has 0 atom stereocenters. The van der Waals surface area contributed by atoms with E-state index in [1.54, 1.807) is 0 Å². The van der Waals surface area contributed by atoms with Crippen LogP contribution in [-0.2, 0) is 9.47 Å². The SMILES string of the molecule is OCC(F)(F)OC(F)(F)C(F)(F)C(F)(F)OC(F)(F)F. The second-order valence-corrected chi connectivity index (χ2v) is 3.05. The van der Waals surface area contributed by atoms with Crippen LogP contribution in [0.3, 0.4) is 0 Å². The summed E-state index contributed by atoms with van der Waals surface area (Å²) in [6.07, 6.45) is -25.6. The summed E-state index contributed by atoms with van der Waals surface area (Å²) in [6.45, 7) is -2.62. The first-order valence-electron chi connectivity index (χ1n) is 4.07. The molecule has 0 aliphatic heterocycles. The Labute approximate surface area is 101 Å². The van der Waals surface area contributed by atoms with Crippen molar-refractivity contribution in [2.75, 3.05) is 6.61 Å². The molecule has 0 radical (unpaired) electrons. The summed E-state index contributed by atoms with van der Waals surface area (Å²) < 4.78 is 136. The molecule has 0 aromatic rings. The van der Waals surface area contributed by atoms with Crippen molar-refractivity contribution in [2.45, 2.75) is 30.6 Å². The van der Waals surface area contributed by atoms with E-state index in [9.17, 15) is 48.3 Å². The van der Waals surface area contributed by atoms with Gasteiger partial charge in [-0.15, -0.1) is 13.2 Å². The molecule has 0 heterocycles. The van der Waals surface area contributed by atoms with Crippen LogP contribution >= 0.6 is 0 Å². The van der Waals surface area contributed by atoms with Crippen LogP contribution in [0.25, 0.3) is 0 Å². The molecule has 0 aliphatic rings. The van der Waals surface area contributed by atoms with Gasteiger partial charge < -0.3 is 5.11 Å². The fraction of sp³-hybridized carbons (Fsp3) is 1.00. The maximum Gasteiger partial charge on any atom is 0.527 e. The summed E-state index contributed by atoms with van der Waals surface area (Å²) in [5, 5.41) is 7.76. The standard InChI is InChI=1S/C6H3F11O3/c7-2(8,1-18)19-4(11,12)3(9,10)5(13,14)20-6(15,16)17/h18H,1H2. The van der Waals surface area contributed by atoms with Gasteiger partial charge in [-0.25, -0.2) is 9.47 Å². The summed E-state index contributed by atoms with van der Waals surface area (Å²) in [5.41, 5.74) is 0. The van der Waals surface area contributed by atoms with E-state index in [0.29, 0.717) is 0 Å². The van der Waals surface area contributed by atoms with E-state index in [4.69, 9.17) is 5.11 Å². The smallest absolute Gasteiger partial charge is 0.387 e. The highest BCUT2D eigenvalue weighted by Gasteiger charge is 2.78. The minimum Gasteiger partial charge on any atom is -0.387 e. The van der Waals surface area contributed by atoms with E-state index < -0.39 is 37.2 Å². The monoisotopic (exact) mass is 332 g/mol. The Bertz CT molecular complexity index is 336. The van der Waals surface area contributed by atoms with E-state index in [1.807, 2.05) is 4.74 Å². The van der Waals surface area contributed by atoms with Gasteiger partial charge >= 0.3 is 30.6 Å². The highest BCUT2D eigenvalue weighted by Crippen LogP contribution is 2.50. The molecule has 0 aliphatic carbocycles. The van der Waals surface area contributed by atoms with Crippen LogP contribution in [-0.4, -0.2) is 42.3 Å². The van der Waals surface area contributed by atoms with Gasteiger partial charge in [-0.2, -0.15) is 35.1 Å². The Morgan fingerprint density at radius 1 is 0.650 bits per heavy atom. The molecular weight excluding hydrogens is 329 g/mol. The fourth-order valence-corrected chi connectivity index (χ4v) is 0.663. The first-order chi connectivity index (χ1) is 8.47. The second kappa shape index (κ2) is 5.14. The Balaban J connectivity index is 5.38. The molecule has 0 aromatic heterocycles. The molecule has 0 fully saturated rings. The summed E-state index contributed by atoms with van der Waals surface area (Å²) in [7, 11) is 0. The molecule has 122 valence electrons. The Kier molecular flexibility index (Phi) is 4.91. The number of aliphatic hydroxyl groups is 1. The van der Waals surface area contributed by atoms with E-state index in [2.05, 4.69) is 0 Å². The van der Waals surface area contributed by atoms with Crippen molar-refractivity contribution in [3.05, 3.63) is 0 Å². The quantitative estimate of drug-likeness (QED) is 0.760. The van der Waals surface area contributed by atoms with Crippen LogP contribution in [0.15, 0.2) is 0 Å². The van der Waals surface area contributed by atoms with Gasteiger partial charge in [-0.1, -0.05) is 0 Å². The molecule has 20 heavy (non-hydrogen) atoms. The largest absolute Gasteiger partial charge is 0.527 e. The van der Waals surface area contributed by atoms with E-state index in [0.717, 1.165) is 0 Å². The topological polar surface area (TPSA) is 38.7 Å². The second-order valence-electron chi connectivity index (χ2n) is 3.05. The average molecular weight is 332 g/mol. The molecular formula is C6H3F11O3. The van der Waals surface area contributed by atoms with Crippen LogP contribution in [0.4, 0.5) is 48.3 Å². The molecule has 0 saturated heterocycles. The van der Waals surface area contributed by atoms with Gasteiger partial charge in [-0.05, 0) is 0 Å². The van der Waals surface area contributed by atoms with E-state index in [-0.39, 0.29) is 0 Å². The number of rotatable bonds is 6. The maximum atomic E-state index is 12.5. The third-order valence-corrected chi connectivity index (χ3v) is 1.44. The van der Waals surface area contributed by atoms with Crippen LogP contribution in [0.2, 0.25) is 0 Å². The van der Waals surface area contributed by atoms with E-state index >= 15 is 0 Å². The molecule has 1 N–H and O–H groups in total. The number of halogens is 11. The van der Waals surface area contributed by atoms with Crippen LogP contribution < -0.4 is 0 Å². The minimum atomic E-state index is -7.12. The van der Waals surface area contributed by atoms with E-state index in [1.165, 1.54) is 4.74 Å². The average Bonchev–Trinajstić information content (AvgIpc) is 2.11. The highest BCUT2D eigenvalue weighted by atomic mass is 19.4. The number of aliphatic hydroxyl groups excluding tert-OH is 1. The van der Waals surface area contributed by atoms with Crippen molar-refractivity contribution in [3.63, 3.8) is 0 Å². The lowest BCUT2D eigenvalue weighted by molar-refractivity contribution is -0.524. The van der Waals surface area contributed by atoms with Gasteiger partial charge in [0.25, 0.3) is 0 Å². The Morgan fingerprint density at radius 3 is 1.30 bits per heavy atom. The minimum absolute atomic E-state index is 1.47. The zero-order valence-electron chi connectivity index (χ0n) is 8.63. The van der Waals surface area contributed by atoms with Crippen LogP contribution in [0, 0.1) is 0 Å². The lowest BCUT2D eigenvalue weighted by atomic mass is 10.3. The lowest BCUT2D eigenvalue weighted by Crippen LogP contribution is -2.59. The van der Waals surface area contributed by atoms with Crippen LogP contribution in [0.1, 0.15) is 0 Å². The number of hydrogen-bond acceptors (Lipinski definition) is 3. The van der Waals surface area contributed by atoms with Crippen LogP contribution in [0.5, 0.6) is 0 Å². The van der Waals surface area contributed by atoms with Gasteiger partial charge in [0.05, 0.1) is 0 Å². The zero-order valence-corrected chi connectivity index (χ0v) is 8.63.